The minimum Gasteiger partial charge on any atom is -0.481 e. The first-order valence-corrected chi connectivity index (χ1v) is 7.72. The second kappa shape index (κ2) is 5.36. The summed E-state index contributed by atoms with van der Waals surface area (Å²) in [6, 6.07) is 0. The summed E-state index contributed by atoms with van der Waals surface area (Å²) in [6.45, 7) is 0. The molecule has 0 unspecified atom stereocenters. The van der Waals surface area contributed by atoms with Gasteiger partial charge in [-0.3, -0.25) is 9.59 Å². The Labute approximate surface area is 119 Å². The lowest BCUT2D eigenvalue weighted by Crippen LogP contribution is -2.13. The Morgan fingerprint density at radius 2 is 2.10 bits per heavy atom. The van der Waals surface area contributed by atoms with E-state index in [0.29, 0.717) is 5.82 Å². The Morgan fingerprint density at radius 3 is 2.90 bits per heavy atom. The largest absolute Gasteiger partial charge is 0.481 e. The van der Waals surface area contributed by atoms with Crippen LogP contribution < -0.4 is 5.56 Å². The Balaban J connectivity index is 2.05. The number of carboxylic acids is 1. The van der Waals surface area contributed by atoms with Crippen LogP contribution in [0.3, 0.4) is 0 Å². The normalized spacial score (nSPS) is 15.0. The highest BCUT2D eigenvalue weighted by atomic mass is 32.1. The number of carbonyl (C=O) groups is 1. The first-order valence-electron chi connectivity index (χ1n) is 6.90. The van der Waals surface area contributed by atoms with Crippen molar-refractivity contribution in [3.05, 3.63) is 26.6 Å². The SMILES string of the molecule is O=C(O)CCc1nc2sc3c(c2c(=O)[nH]1)CCCCC3. The van der Waals surface area contributed by atoms with Crippen LogP contribution in [0.4, 0.5) is 0 Å². The van der Waals surface area contributed by atoms with Gasteiger partial charge in [-0.1, -0.05) is 6.42 Å². The number of fused-ring (bicyclic) bond motifs is 3. The number of thiophene rings is 1. The fraction of sp³-hybridized carbons (Fsp3) is 0.500. The molecule has 3 rings (SSSR count). The van der Waals surface area contributed by atoms with Crippen molar-refractivity contribution in [2.24, 2.45) is 0 Å². The van der Waals surface area contributed by atoms with Gasteiger partial charge in [-0.15, -0.1) is 11.3 Å². The number of nitrogens with one attached hydrogen (secondary N) is 1. The zero-order valence-electron chi connectivity index (χ0n) is 11.1. The molecule has 20 heavy (non-hydrogen) atoms. The van der Waals surface area contributed by atoms with Gasteiger partial charge in [0.05, 0.1) is 11.8 Å². The monoisotopic (exact) mass is 292 g/mol. The number of nitrogens with zero attached hydrogens (tertiary/aromatic N) is 1. The van der Waals surface area contributed by atoms with E-state index in [2.05, 4.69) is 9.97 Å². The van der Waals surface area contributed by atoms with Crippen LogP contribution in [0.5, 0.6) is 0 Å². The Morgan fingerprint density at radius 1 is 1.30 bits per heavy atom. The van der Waals surface area contributed by atoms with Gasteiger partial charge in [0, 0.05) is 11.3 Å². The van der Waals surface area contributed by atoms with E-state index in [1.54, 1.807) is 11.3 Å². The van der Waals surface area contributed by atoms with Gasteiger partial charge in [0.1, 0.15) is 10.7 Å². The molecule has 0 aromatic carbocycles. The Kier molecular flexibility index (Phi) is 3.56. The fourth-order valence-electron chi connectivity index (χ4n) is 2.73. The van der Waals surface area contributed by atoms with Crippen molar-refractivity contribution in [2.75, 3.05) is 0 Å². The van der Waals surface area contributed by atoms with Crippen LogP contribution in [0.1, 0.15) is 41.9 Å². The number of aromatic amines is 1. The third-order valence-corrected chi connectivity index (χ3v) is 4.89. The first-order chi connectivity index (χ1) is 9.65. The van der Waals surface area contributed by atoms with Gasteiger partial charge in [-0.25, -0.2) is 4.98 Å². The summed E-state index contributed by atoms with van der Waals surface area (Å²) >= 11 is 1.60. The standard InChI is InChI=1S/C14H16N2O3S/c17-11(18)7-6-10-15-13(19)12-8-4-2-1-3-5-9(8)20-14(12)16-10/h1-7H2,(H,17,18)(H,15,16,19). The fourth-order valence-corrected chi connectivity index (χ4v) is 4.01. The molecular formula is C14H16N2O3S. The van der Waals surface area contributed by atoms with E-state index in [4.69, 9.17) is 5.11 Å². The quantitative estimate of drug-likeness (QED) is 0.850. The van der Waals surface area contributed by atoms with Gasteiger partial charge in [0.25, 0.3) is 5.56 Å². The highest BCUT2D eigenvalue weighted by Crippen LogP contribution is 2.32. The zero-order chi connectivity index (χ0) is 14.1. The van der Waals surface area contributed by atoms with Crippen molar-refractivity contribution in [2.45, 2.75) is 44.9 Å². The van der Waals surface area contributed by atoms with E-state index < -0.39 is 5.97 Å². The minimum atomic E-state index is -0.880. The lowest BCUT2D eigenvalue weighted by molar-refractivity contribution is -0.137. The molecule has 1 aliphatic carbocycles. The summed E-state index contributed by atoms with van der Waals surface area (Å²) in [6.07, 6.45) is 5.74. The highest BCUT2D eigenvalue weighted by molar-refractivity contribution is 7.18. The molecule has 1 aliphatic rings. The molecule has 0 bridgehead atoms. The van der Waals surface area contributed by atoms with Crippen LogP contribution in [-0.4, -0.2) is 21.0 Å². The van der Waals surface area contributed by atoms with E-state index in [9.17, 15) is 9.59 Å². The number of aromatic nitrogens is 2. The van der Waals surface area contributed by atoms with Gasteiger partial charge in [0.2, 0.25) is 0 Å². The van der Waals surface area contributed by atoms with Gasteiger partial charge < -0.3 is 10.1 Å². The molecule has 0 saturated heterocycles. The summed E-state index contributed by atoms with van der Waals surface area (Å²) in [5.41, 5.74) is 1.05. The van der Waals surface area contributed by atoms with Gasteiger partial charge in [-0.05, 0) is 31.2 Å². The molecule has 5 nitrogen and oxygen atoms in total. The van der Waals surface area contributed by atoms with Crippen LogP contribution in [0.15, 0.2) is 4.79 Å². The lowest BCUT2D eigenvalue weighted by atomic mass is 10.1. The third-order valence-electron chi connectivity index (χ3n) is 3.70. The molecule has 106 valence electrons. The van der Waals surface area contributed by atoms with Crippen molar-refractivity contribution in [1.82, 2.24) is 9.97 Å². The third kappa shape index (κ3) is 2.47. The van der Waals surface area contributed by atoms with Crippen LogP contribution in [0, 0.1) is 0 Å². The predicted octanol–water partition coefficient (Wildman–Crippen LogP) is 2.27. The van der Waals surface area contributed by atoms with E-state index in [0.717, 1.165) is 29.5 Å². The summed E-state index contributed by atoms with van der Waals surface area (Å²) < 4.78 is 0. The summed E-state index contributed by atoms with van der Waals surface area (Å²) in [5.74, 6) is -0.406. The number of aliphatic carboxylic acids is 1. The summed E-state index contributed by atoms with van der Waals surface area (Å²) in [4.78, 5) is 32.1. The zero-order valence-corrected chi connectivity index (χ0v) is 11.9. The average molecular weight is 292 g/mol. The maximum atomic E-state index is 12.3. The maximum Gasteiger partial charge on any atom is 0.303 e. The number of aryl methyl sites for hydroxylation is 3. The number of H-pyrrole nitrogens is 1. The topological polar surface area (TPSA) is 83.0 Å². The molecule has 0 spiro atoms. The van der Waals surface area contributed by atoms with E-state index in [1.807, 2.05) is 0 Å². The van der Waals surface area contributed by atoms with Gasteiger partial charge in [-0.2, -0.15) is 0 Å². The molecule has 0 saturated carbocycles. The molecule has 0 atom stereocenters. The molecule has 2 N–H and O–H groups in total. The molecule has 0 radical (unpaired) electrons. The Bertz CT molecular complexity index is 717. The molecule has 2 aromatic rings. The minimum absolute atomic E-state index is 0.0143. The highest BCUT2D eigenvalue weighted by Gasteiger charge is 2.18. The van der Waals surface area contributed by atoms with Crippen LogP contribution in [0.25, 0.3) is 10.2 Å². The van der Waals surface area contributed by atoms with Crippen molar-refractivity contribution < 1.29 is 9.90 Å². The maximum absolute atomic E-state index is 12.3. The van der Waals surface area contributed by atoms with Crippen LogP contribution >= 0.6 is 11.3 Å². The number of rotatable bonds is 3. The number of carboxylic acid groups (broad SMARTS) is 1. The van der Waals surface area contributed by atoms with Crippen molar-refractivity contribution >= 4 is 27.5 Å². The van der Waals surface area contributed by atoms with E-state index in [1.165, 1.54) is 23.3 Å². The lowest BCUT2D eigenvalue weighted by Gasteiger charge is -2.00. The van der Waals surface area contributed by atoms with Gasteiger partial charge in [0.15, 0.2) is 0 Å². The molecule has 2 heterocycles. The molecule has 0 amide bonds. The second-order valence-electron chi connectivity index (χ2n) is 5.15. The van der Waals surface area contributed by atoms with Crippen LogP contribution in [-0.2, 0) is 24.1 Å². The first kappa shape index (κ1) is 13.3. The van der Waals surface area contributed by atoms with E-state index >= 15 is 0 Å². The molecule has 2 aromatic heterocycles. The van der Waals surface area contributed by atoms with Crippen LogP contribution in [0.2, 0.25) is 0 Å². The predicted molar refractivity (Wildman–Crippen MR) is 77.5 cm³/mol. The molecule has 6 heteroatoms. The van der Waals surface area contributed by atoms with Crippen molar-refractivity contribution in [3.63, 3.8) is 0 Å². The van der Waals surface area contributed by atoms with Crippen molar-refractivity contribution in [3.8, 4) is 0 Å². The van der Waals surface area contributed by atoms with E-state index in [-0.39, 0.29) is 18.4 Å². The van der Waals surface area contributed by atoms with Crippen molar-refractivity contribution in [1.29, 1.82) is 0 Å². The number of hydrogen-bond acceptors (Lipinski definition) is 4. The molecular weight excluding hydrogens is 276 g/mol. The number of hydrogen-bond donors (Lipinski definition) is 2. The smallest absolute Gasteiger partial charge is 0.303 e. The summed E-state index contributed by atoms with van der Waals surface area (Å²) in [5, 5.41) is 9.43. The summed E-state index contributed by atoms with van der Waals surface area (Å²) in [7, 11) is 0. The molecule has 0 aliphatic heterocycles. The average Bonchev–Trinajstić information content (AvgIpc) is 2.59. The molecule has 0 fully saturated rings. The Hall–Kier alpha value is -1.69. The van der Waals surface area contributed by atoms with Gasteiger partial charge >= 0.3 is 5.97 Å². The second-order valence-corrected chi connectivity index (χ2v) is 6.23.